The number of nitrogens with one attached hydrogen (secondary N) is 1. The van der Waals surface area contributed by atoms with Crippen molar-refractivity contribution in [1.29, 1.82) is 0 Å². The van der Waals surface area contributed by atoms with Crippen molar-refractivity contribution in [3.63, 3.8) is 0 Å². The third-order valence-corrected chi connectivity index (χ3v) is 12.8. The number of hydrogen-bond acceptors (Lipinski definition) is 6. The van der Waals surface area contributed by atoms with E-state index in [1.807, 2.05) is 76.2 Å². The van der Waals surface area contributed by atoms with Crippen LogP contribution in [0.2, 0.25) is 0 Å². The molecule has 9 heteroatoms. The maximum Gasteiger partial charge on any atom is 0.498 e. The Kier molecular flexibility index (Phi) is 10.6. The third kappa shape index (κ3) is 7.86. The first-order chi connectivity index (χ1) is 21.2. The Morgan fingerprint density at radius 3 is 1.91 bits per heavy atom. The molecule has 45 heavy (non-hydrogen) atoms. The molecular formula is C36H46BNO6P+. The van der Waals surface area contributed by atoms with Gasteiger partial charge in [0.15, 0.2) is 0 Å². The minimum Gasteiger partial charge on any atom is -0.460 e. The van der Waals surface area contributed by atoms with Gasteiger partial charge in [-0.2, -0.15) is 0 Å². The van der Waals surface area contributed by atoms with Crippen LogP contribution < -0.4 is 26.7 Å². The number of carbonyl (C=O) groups excluding carboxylic acids is 2. The number of alkyl carbamates (subject to hydrolysis) is 1. The highest BCUT2D eigenvalue weighted by Gasteiger charge is 2.55. The Balaban J connectivity index is 1.87. The zero-order chi connectivity index (χ0) is 32.9. The molecule has 0 aromatic heterocycles. The summed E-state index contributed by atoms with van der Waals surface area (Å²) in [6.07, 6.45) is 1.67. The van der Waals surface area contributed by atoms with Gasteiger partial charge in [-0.15, -0.1) is 0 Å². The molecule has 1 amide bonds. The minimum absolute atomic E-state index is 0.0355. The fourth-order valence-electron chi connectivity index (χ4n) is 5.44. The van der Waals surface area contributed by atoms with Crippen LogP contribution in [0.25, 0.3) is 0 Å². The van der Waals surface area contributed by atoms with Crippen molar-refractivity contribution in [2.24, 2.45) is 0 Å². The molecule has 1 aliphatic rings. The maximum atomic E-state index is 13.4. The van der Waals surface area contributed by atoms with E-state index in [2.05, 4.69) is 48.3 Å². The first-order valence-electron chi connectivity index (χ1n) is 15.4. The lowest BCUT2D eigenvalue weighted by Crippen LogP contribution is -2.50. The number of hydrogen-bond donors (Lipinski definition) is 1. The van der Waals surface area contributed by atoms with Gasteiger partial charge >= 0.3 is 19.2 Å². The molecular weight excluding hydrogens is 584 g/mol. The van der Waals surface area contributed by atoms with Crippen molar-refractivity contribution in [3.05, 3.63) is 97.6 Å². The van der Waals surface area contributed by atoms with Crippen LogP contribution in [0.4, 0.5) is 4.79 Å². The monoisotopic (exact) mass is 630 g/mol. The van der Waals surface area contributed by atoms with Gasteiger partial charge in [-0.1, -0.05) is 67.3 Å². The zero-order valence-electron chi connectivity index (χ0n) is 27.5. The molecule has 0 aliphatic carbocycles. The van der Waals surface area contributed by atoms with Crippen LogP contribution in [0.1, 0.15) is 54.9 Å². The van der Waals surface area contributed by atoms with E-state index in [-0.39, 0.29) is 6.61 Å². The molecule has 1 saturated heterocycles. The molecule has 3 aromatic carbocycles. The van der Waals surface area contributed by atoms with Gasteiger partial charge in [-0.05, 0) is 78.8 Å². The van der Waals surface area contributed by atoms with E-state index in [4.69, 9.17) is 18.8 Å². The van der Waals surface area contributed by atoms with Crippen LogP contribution in [0.15, 0.2) is 97.6 Å². The summed E-state index contributed by atoms with van der Waals surface area (Å²) in [6, 6.07) is 28.1. The predicted molar refractivity (Wildman–Crippen MR) is 185 cm³/mol. The summed E-state index contributed by atoms with van der Waals surface area (Å²) in [7, 11) is -3.10. The van der Waals surface area contributed by atoms with Crippen LogP contribution in [0.3, 0.4) is 0 Å². The second kappa shape index (κ2) is 13.9. The molecule has 0 spiro atoms. The fourth-order valence-corrected chi connectivity index (χ4v) is 10.0. The SMILES string of the molecule is C=CCOC(=O)C(CC[P+](c1ccccc1)(c1ccccc1)c1ccccc1B1OC(C)(C)C(C)(C)O1)NC(=O)OC(C)(C)C. The van der Waals surface area contributed by atoms with Crippen LogP contribution >= 0.6 is 7.26 Å². The molecule has 1 unspecified atom stereocenters. The molecule has 238 valence electrons. The van der Waals surface area contributed by atoms with Crippen LogP contribution in [0.5, 0.6) is 0 Å². The number of ether oxygens (including phenoxy) is 2. The van der Waals surface area contributed by atoms with E-state index in [1.54, 1.807) is 20.8 Å². The van der Waals surface area contributed by atoms with Crippen LogP contribution in [0, 0.1) is 0 Å². The van der Waals surface area contributed by atoms with E-state index in [1.165, 1.54) is 6.08 Å². The smallest absolute Gasteiger partial charge is 0.460 e. The van der Waals surface area contributed by atoms with Crippen LogP contribution in [-0.4, -0.2) is 54.8 Å². The number of carbonyl (C=O) groups is 2. The highest BCUT2D eigenvalue weighted by Crippen LogP contribution is 2.56. The predicted octanol–water partition coefficient (Wildman–Crippen LogP) is 5.29. The first-order valence-corrected chi connectivity index (χ1v) is 17.4. The number of rotatable bonds is 11. The Bertz CT molecular complexity index is 1420. The standard InChI is InChI=1S/C36H45BNO6P/c1-9-25-41-32(39)30(38-33(40)42-34(2,3)4)24-26-45(27-18-12-10-13-19-27,28-20-14-11-15-21-28)31-23-17-16-22-29(31)37-43-35(5,6)36(7,8)44-37/h9-23,30H,1,24-26H2,2-8H3/p+1. The fraction of sp³-hybridized carbons (Fsp3) is 0.389. The van der Waals surface area contributed by atoms with Gasteiger partial charge in [0.1, 0.15) is 41.4 Å². The van der Waals surface area contributed by atoms with E-state index in [0.29, 0.717) is 12.6 Å². The summed E-state index contributed by atoms with van der Waals surface area (Å²) in [5.41, 5.74) is -0.833. The molecule has 0 radical (unpaired) electrons. The Labute approximate surface area is 269 Å². The average Bonchev–Trinajstić information content (AvgIpc) is 3.22. The molecule has 4 rings (SSSR count). The van der Waals surface area contributed by atoms with Gasteiger partial charge in [-0.3, -0.25) is 0 Å². The maximum absolute atomic E-state index is 13.4. The molecule has 1 N–H and O–H groups in total. The summed E-state index contributed by atoms with van der Waals surface area (Å²) in [4.78, 5) is 26.3. The second-order valence-corrected chi connectivity index (χ2v) is 16.8. The normalized spacial score (nSPS) is 16.5. The number of benzene rings is 3. The Hall–Kier alpha value is -3.45. The number of esters is 1. The van der Waals surface area contributed by atoms with Crippen molar-refractivity contribution in [3.8, 4) is 0 Å². The minimum atomic E-state index is -2.51. The summed E-state index contributed by atoms with van der Waals surface area (Å²) >= 11 is 0. The zero-order valence-corrected chi connectivity index (χ0v) is 28.4. The van der Waals surface area contributed by atoms with Crippen molar-refractivity contribution in [2.75, 3.05) is 12.8 Å². The van der Waals surface area contributed by atoms with Crippen molar-refractivity contribution in [2.45, 2.75) is 77.7 Å². The average molecular weight is 631 g/mol. The molecule has 1 fully saturated rings. The third-order valence-electron chi connectivity index (χ3n) is 8.32. The molecule has 7 nitrogen and oxygen atoms in total. The summed E-state index contributed by atoms with van der Waals surface area (Å²) in [5, 5.41) is 6.16. The van der Waals surface area contributed by atoms with Gasteiger partial charge in [0.05, 0.1) is 17.4 Å². The van der Waals surface area contributed by atoms with Crippen molar-refractivity contribution >= 4 is 47.8 Å². The molecule has 1 aliphatic heterocycles. The molecule has 0 bridgehead atoms. The van der Waals surface area contributed by atoms with Crippen molar-refractivity contribution < 1.29 is 28.4 Å². The lowest BCUT2D eigenvalue weighted by molar-refractivity contribution is -0.145. The summed E-state index contributed by atoms with van der Waals surface area (Å²) in [6.45, 7) is 17.3. The van der Waals surface area contributed by atoms with Gasteiger partial charge in [-0.25, -0.2) is 9.59 Å². The largest absolute Gasteiger partial charge is 0.498 e. The lowest BCUT2D eigenvalue weighted by atomic mass is 9.79. The molecule has 0 saturated carbocycles. The van der Waals surface area contributed by atoms with Gasteiger partial charge in [0, 0.05) is 11.9 Å². The quantitative estimate of drug-likeness (QED) is 0.134. The topological polar surface area (TPSA) is 83.1 Å². The van der Waals surface area contributed by atoms with E-state index in [0.717, 1.165) is 21.4 Å². The van der Waals surface area contributed by atoms with Crippen LogP contribution in [-0.2, 0) is 23.6 Å². The van der Waals surface area contributed by atoms with E-state index in [9.17, 15) is 9.59 Å². The molecule has 3 aromatic rings. The lowest BCUT2D eigenvalue weighted by Gasteiger charge is -2.32. The second-order valence-electron chi connectivity index (χ2n) is 13.3. The Morgan fingerprint density at radius 1 is 0.889 bits per heavy atom. The highest BCUT2D eigenvalue weighted by atomic mass is 31.2. The van der Waals surface area contributed by atoms with Crippen molar-refractivity contribution in [1.82, 2.24) is 5.32 Å². The Morgan fingerprint density at radius 2 is 1.40 bits per heavy atom. The highest BCUT2D eigenvalue weighted by molar-refractivity contribution is 7.96. The van der Waals surface area contributed by atoms with Gasteiger partial charge < -0.3 is 24.1 Å². The van der Waals surface area contributed by atoms with E-state index >= 15 is 0 Å². The summed E-state index contributed by atoms with van der Waals surface area (Å²) in [5.74, 6) is -0.542. The summed E-state index contributed by atoms with van der Waals surface area (Å²) < 4.78 is 24.2. The molecule has 1 atom stereocenters. The van der Waals surface area contributed by atoms with E-state index < -0.39 is 49.3 Å². The van der Waals surface area contributed by atoms with Gasteiger partial charge in [0.25, 0.3) is 0 Å². The first kappa shape index (κ1) is 34.4. The van der Waals surface area contributed by atoms with Gasteiger partial charge in [0.2, 0.25) is 0 Å². The number of amides is 1. The molecule has 1 heterocycles.